The van der Waals surface area contributed by atoms with Gasteiger partial charge in [0.2, 0.25) is 5.95 Å². The van der Waals surface area contributed by atoms with E-state index in [1.54, 1.807) is 0 Å². The Morgan fingerprint density at radius 2 is 1.95 bits per heavy atom. The number of hydrogen-bond donors (Lipinski definition) is 1. The fourth-order valence-corrected chi connectivity index (χ4v) is 2.97. The average Bonchev–Trinajstić information content (AvgIpc) is 2.48. The Bertz CT molecular complexity index is 585. The number of benzene rings is 1. The second-order valence-corrected chi connectivity index (χ2v) is 6.26. The summed E-state index contributed by atoms with van der Waals surface area (Å²) in [5.74, 6) is 0.820. The normalized spacial score (nSPS) is 17.9. The molecule has 0 aliphatic carbocycles. The second-order valence-electron chi connectivity index (χ2n) is 5.01. The third-order valence-electron chi connectivity index (χ3n) is 3.66. The largest absolute Gasteiger partial charge is 0.332 e. The van der Waals surface area contributed by atoms with Crippen molar-refractivity contribution in [2.45, 2.75) is 19.0 Å². The molecular weight excluding hydrogens is 363 g/mol. The lowest BCUT2D eigenvalue weighted by Gasteiger charge is -2.37. The van der Waals surface area contributed by atoms with Crippen LogP contribution in [0.2, 0.25) is 0 Å². The number of halogens is 1. The van der Waals surface area contributed by atoms with E-state index in [1.165, 1.54) is 11.1 Å². The third-order valence-corrected chi connectivity index (χ3v) is 4.22. The number of anilines is 1. The van der Waals surface area contributed by atoms with E-state index in [9.17, 15) is 0 Å². The zero-order valence-electron chi connectivity index (χ0n) is 11.4. The topological polar surface area (TPSA) is 41.0 Å². The summed E-state index contributed by atoms with van der Waals surface area (Å²) in [6.45, 7) is 1.81. The molecule has 1 atom stereocenters. The third kappa shape index (κ3) is 2.78. The predicted molar refractivity (Wildman–Crippen MR) is 88.8 cm³/mol. The molecule has 104 valence electrons. The van der Waals surface area contributed by atoms with Gasteiger partial charge in [-0.1, -0.05) is 24.3 Å². The summed E-state index contributed by atoms with van der Waals surface area (Å²) in [7, 11) is 1.99. The highest BCUT2D eigenvalue weighted by Gasteiger charge is 2.27. The van der Waals surface area contributed by atoms with Crippen LogP contribution < -0.4 is 10.2 Å². The van der Waals surface area contributed by atoms with Crippen molar-refractivity contribution in [3.05, 3.63) is 51.4 Å². The number of rotatable bonds is 3. The van der Waals surface area contributed by atoms with Gasteiger partial charge in [0.15, 0.2) is 0 Å². The fourth-order valence-electron chi connectivity index (χ4n) is 2.69. The molecule has 0 saturated carbocycles. The van der Waals surface area contributed by atoms with Crippen molar-refractivity contribution in [1.29, 1.82) is 0 Å². The molecule has 5 heteroatoms. The summed E-state index contributed by atoms with van der Waals surface area (Å²) < 4.78 is 1.06. The molecule has 1 aromatic heterocycles. The molecule has 0 radical (unpaired) electrons. The van der Waals surface area contributed by atoms with Gasteiger partial charge in [-0.05, 0) is 47.2 Å². The van der Waals surface area contributed by atoms with E-state index in [1.807, 2.05) is 19.4 Å². The van der Waals surface area contributed by atoms with Crippen LogP contribution in [0.5, 0.6) is 0 Å². The lowest BCUT2D eigenvalue weighted by molar-refractivity contribution is 0.518. The minimum absolute atomic E-state index is 0.398. The van der Waals surface area contributed by atoms with Crippen molar-refractivity contribution in [1.82, 2.24) is 15.3 Å². The van der Waals surface area contributed by atoms with Gasteiger partial charge in [-0.25, -0.2) is 9.97 Å². The molecular formula is C15H17IN4. The molecule has 4 nitrogen and oxygen atoms in total. The van der Waals surface area contributed by atoms with E-state index in [2.05, 4.69) is 67.0 Å². The van der Waals surface area contributed by atoms with Crippen LogP contribution in [0.15, 0.2) is 36.7 Å². The van der Waals surface area contributed by atoms with Crippen LogP contribution in [0.1, 0.15) is 11.1 Å². The van der Waals surface area contributed by atoms with E-state index in [-0.39, 0.29) is 0 Å². The Balaban J connectivity index is 1.93. The van der Waals surface area contributed by atoms with Crippen LogP contribution in [-0.4, -0.2) is 29.6 Å². The zero-order chi connectivity index (χ0) is 13.9. The van der Waals surface area contributed by atoms with Gasteiger partial charge in [0, 0.05) is 35.1 Å². The summed E-state index contributed by atoms with van der Waals surface area (Å²) in [6, 6.07) is 9.04. The smallest absolute Gasteiger partial charge is 0.225 e. The number of aromatic nitrogens is 2. The molecule has 0 spiro atoms. The maximum Gasteiger partial charge on any atom is 0.225 e. The van der Waals surface area contributed by atoms with Crippen molar-refractivity contribution >= 4 is 28.5 Å². The molecule has 3 rings (SSSR count). The van der Waals surface area contributed by atoms with Crippen molar-refractivity contribution in [2.24, 2.45) is 0 Å². The Labute approximate surface area is 132 Å². The number of fused-ring (bicyclic) bond motifs is 1. The molecule has 0 saturated heterocycles. The highest BCUT2D eigenvalue weighted by Crippen LogP contribution is 2.26. The Hall–Kier alpha value is -1.21. The summed E-state index contributed by atoms with van der Waals surface area (Å²) in [5, 5.41) is 3.28. The summed E-state index contributed by atoms with van der Waals surface area (Å²) in [5.41, 5.74) is 2.82. The Morgan fingerprint density at radius 3 is 2.65 bits per heavy atom. The minimum atomic E-state index is 0.398. The first kappa shape index (κ1) is 13.8. The molecule has 1 N–H and O–H groups in total. The summed E-state index contributed by atoms with van der Waals surface area (Å²) in [4.78, 5) is 11.3. The number of nitrogens with zero attached hydrogens (tertiary/aromatic N) is 3. The first-order valence-corrected chi connectivity index (χ1v) is 7.81. The maximum absolute atomic E-state index is 4.49. The van der Waals surface area contributed by atoms with Crippen molar-refractivity contribution in [3.63, 3.8) is 0 Å². The van der Waals surface area contributed by atoms with Gasteiger partial charge < -0.3 is 10.2 Å². The lowest BCUT2D eigenvalue weighted by Crippen LogP contribution is -2.46. The van der Waals surface area contributed by atoms with Crippen molar-refractivity contribution in [3.8, 4) is 0 Å². The molecule has 0 bridgehead atoms. The predicted octanol–water partition coefficient (Wildman–Crippen LogP) is 2.23. The zero-order valence-corrected chi connectivity index (χ0v) is 13.5. The number of hydrogen-bond acceptors (Lipinski definition) is 4. The van der Waals surface area contributed by atoms with Gasteiger partial charge in [0.05, 0.1) is 0 Å². The molecule has 0 fully saturated rings. The molecule has 2 heterocycles. The molecule has 0 amide bonds. The van der Waals surface area contributed by atoms with Gasteiger partial charge in [-0.2, -0.15) is 0 Å². The Kier molecular flexibility index (Phi) is 4.16. The van der Waals surface area contributed by atoms with Gasteiger partial charge >= 0.3 is 0 Å². The number of likely N-dealkylation sites (N-methyl/N-ethyl adjacent to an activating group) is 1. The molecule has 2 aromatic rings. The number of nitrogens with one attached hydrogen (secondary N) is 1. The SMILES string of the molecule is CNCC1Cc2ccccc2CN1c1ncc(I)cn1. The molecule has 1 aliphatic heterocycles. The van der Waals surface area contributed by atoms with Gasteiger partial charge in [0.25, 0.3) is 0 Å². The van der Waals surface area contributed by atoms with Gasteiger partial charge in [-0.3, -0.25) is 0 Å². The van der Waals surface area contributed by atoms with Crippen LogP contribution in [0, 0.1) is 3.57 Å². The molecule has 1 unspecified atom stereocenters. The standard InChI is InChI=1S/C15H17IN4/c1-17-9-14-6-11-4-2-3-5-12(11)10-20(14)15-18-7-13(16)8-19-15/h2-5,7-8,14,17H,6,9-10H2,1H3. The van der Waals surface area contributed by atoms with Gasteiger partial charge in [0.1, 0.15) is 0 Å². The van der Waals surface area contributed by atoms with Crippen LogP contribution in [-0.2, 0) is 13.0 Å². The maximum atomic E-state index is 4.49. The van der Waals surface area contributed by atoms with Crippen LogP contribution in [0.25, 0.3) is 0 Å². The molecule has 1 aliphatic rings. The summed E-state index contributed by atoms with van der Waals surface area (Å²) in [6.07, 6.45) is 4.78. The minimum Gasteiger partial charge on any atom is -0.332 e. The quantitative estimate of drug-likeness (QED) is 0.830. The van der Waals surface area contributed by atoms with Crippen molar-refractivity contribution < 1.29 is 0 Å². The summed E-state index contributed by atoms with van der Waals surface area (Å²) >= 11 is 2.23. The average molecular weight is 380 g/mol. The van der Waals surface area contributed by atoms with E-state index in [0.29, 0.717) is 6.04 Å². The van der Waals surface area contributed by atoms with Crippen LogP contribution in [0.3, 0.4) is 0 Å². The highest BCUT2D eigenvalue weighted by atomic mass is 127. The van der Waals surface area contributed by atoms with Crippen LogP contribution in [0.4, 0.5) is 5.95 Å². The van der Waals surface area contributed by atoms with Crippen molar-refractivity contribution in [2.75, 3.05) is 18.5 Å². The molecule has 20 heavy (non-hydrogen) atoms. The first-order valence-electron chi connectivity index (χ1n) is 6.73. The van der Waals surface area contributed by atoms with Crippen LogP contribution >= 0.6 is 22.6 Å². The van der Waals surface area contributed by atoms with E-state index >= 15 is 0 Å². The first-order chi connectivity index (χ1) is 9.78. The van der Waals surface area contributed by atoms with E-state index in [4.69, 9.17) is 0 Å². The molecule has 1 aromatic carbocycles. The highest BCUT2D eigenvalue weighted by molar-refractivity contribution is 14.1. The fraction of sp³-hybridized carbons (Fsp3) is 0.333. The monoisotopic (exact) mass is 380 g/mol. The van der Waals surface area contributed by atoms with E-state index in [0.717, 1.165) is 29.0 Å². The lowest BCUT2D eigenvalue weighted by atomic mass is 9.94. The Morgan fingerprint density at radius 1 is 1.25 bits per heavy atom. The van der Waals surface area contributed by atoms with E-state index < -0.39 is 0 Å². The second kappa shape index (κ2) is 6.05. The van der Waals surface area contributed by atoms with Gasteiger partial charge in [-0.15, -0.1) is 0 Å².